The van der Waals surface area contributed by atoms with Gasteiger partial charge in [-0.05, 0) is 19.9 Å². The number of rotatable bonds is 9. The zero-order valence-electron chi connectivity index (χ0n) is 12.2. The zero-order valence-corrected chi connectivity index (χ0v) is 13.0. The number of nitrogens with zero attached hydrogens (tertiary/aromatic N) is 1. The fraction of sp³-hybridized carbons (Fsp3) is 0.714. The van der Waals surface area contributed by atoms with Gasteiger partial charge in [0, 0.05) is 17.8 Å². The molecule has 1 aromatic rings. The van der Waals surface area contributed by atoms with Crippen molar-refractivity contribution in [3.63, 3.8) is 0 Å². The third-order valence-corrected chi connectivity index (χ3v) is 3.76. The maximum atomic E-state index is 11.7. The molecule has 5 heteroatoms. The van der Waals surface area contributed by atoms with Crippen molar-refractivity contribution in [1.82, 2.24) is 10.3 Å². The lowest BCUT2D eigenvalue weighted by Gasteiger charge is -2.08. The molecule has 108 valence electrons. The van der Waals surface area contributed by atoms with Gasteiger partial charge in [0.25, 0.3) is 0 Å². The first-order valence-corrected chi connectivity index (χ1v) is 8.04. The first-order chi connectivity index (χ1) is 9.17. The lowest BCUT2D eigenvalue weighted by molar-refractivity contribution is -0.116. The van der Waals surface area contributed by atoms with Gasteiger partial charge in [-0.2, -0.15) is 0 Å². The highest BCUT2D eigenvalue weighted by Crippen LogP contribution is 2.20. The molecule has 0 saturated heterocycles. The minimum absolute atomic E-state index is 0.0770. The van der Waals surface area contributed by atoms with Crippen molar-refractivity contribution in [2.45, 2.75) is 58.9 Å². The van der Waals surface area contributed by atoms with Crippen LogP contribution in [-0.4, -0.2) is 17.4 Å². The standard InChI is InChI=1S/C14H25N3OS/c1-4-6-7-8-9-13(18)17-14-16-12(10-19-14)11(3)15-5-2/h10-11,15H,4-9H2,1-3H3,(H,16,17,18). The lowest BCUT2D eigenvalue weighted by atomic mass is 10.1. The summed E-state index contributed by atoms with van der Waals surface area (Å²) in [5, 5.41) is 8.89. The van der Waals surface area contributed by atoms with Gasteiger partial charge in [-0.3, -0.25) is 4.79 Å². The highest BCUT2D eigenvalue weighted by atomic mass is 32.1. The smallest absolute Gasteiger partial charge is 0.226 e. The molecule has 0 spiro atoms. The molecule has 0 aromatic carbocycles. The first kappa shape index (κ1) is 16.1. The van der Waals surface area contributed by atoms with Crippen molar-refractivity contribution in [2.75, 3.05) is 11.9 Å². The second-order valence-electron chi connectivity index (χ2n) is 4.72. The highest BCUT2D eigenvalue weighted by molar-refractivity contribution is 7.13. The summed E-state index contributed by atoms with van der Waals surface area (Å²) in [6.45, 7) is 7.23. The second-order valence-corrected chi connectivity index (χ2v) is 5.57. The quantitative estimate of drug-likeness (QED) is 0.679. The Morgan fingerprint density at radius 2 is 2.16 bits per heavy atom. The average Bonchev–Trinajstić information content (AvgIpc) is 2.83. The maximum absolute atomic E-state index is 11.7. The molecule has 0 aliphatic carbocycles. The molecule has 0 radical (unpaired) electrons. The lowest BCUT2D eigenvalue weighted by Crippen LogP contribution is -2.18. The van der Waals surface area contributed by atoms with Gasteiger partial charge in [0.15, 0.2) is 5.13 Å². The van der Waals surface area contributed by atoms with E-state index in [1.54, 1.807) is 0 Å². The molecular formula is C14H25N3OS. The molecule has 0 aliphatic rings. The molecule has 1 unspecified atom stereocenters. The summed E-state index contributed by atoms with van der Waals surface area (Å²) < 4.78 is 0. The van der Waals surface area contributed by atoms with Crippen molar-refractivity contribution < 1.29 is 4.79 Å². The van der Waals surface area contributed by atoms with Crippen LogP contribution < -0.4 is 10.6 Å². The molecule has 0 bridgehead atoms. The van der Waals surface area contributed by atoms with Crippen LogP contribution in [0.5, 0.6) is 0 Å². The number of aromatic nitrogens is 1. The number of carbonyl (C=O) groups excluding carboxylic acids is 1. The van der Waals surface area contributed by atoms with Crippen LogP contribution >= 0.6 is 11.3 Å². The van der Waals surface area contributed by atoms with Gasteiger partial charge in [0.2, 0.25) is 5.91 Å². The summed E-state index contributed by atoms with van der Waals surface area (Å²) in [6, 6.07) is 0.233. The first-order valence-electron chi connectivity index (χ1n) is 7.16. The minimum Gasteiger partial charge on any atom is -0.309 e. The van der Waals surface area contributed by atoms with E-state index in [0.29, 0.717) is 11.6 Å². The summed E-state index contributed by atoms with van der Waals surface area (Å²) in [5.74, 6) is 0.0770. The van der Waals surface area contributed by atoms with E-state index >= 15 is 0 Å². The van der Waals surface area contributed by atoms with Crippen molar-refractivity contribution >= 4 is 22.4 Å². The Hall–Kier alpha value is -0.940. The van der Waals surface area contributed by atoms with Crippen LogP contribution in [0.3, 0.4) is 0 Å². The summed E-state index contributed by atoms with van der Waals surface area (Å²) in [6.07, 6.45) is 5.09. The molecule has 1 amide bonds. The summed E-state index contributed by atoms with van der Waals surface area (Å²) in [5.41, 5.74) is 0.994. The van der Waals surface area contributed by atoms with Gasteiger partial charge >= 0.3 is 0 Å². The molecule has 0 fully saturated rings. The fourth-order valence-electron chi connectivity index (χ4n) is 1.85. The number of unbranched alkanes of at least 4 members (excludes halogenated alkanes) is 3. The predicted molar refractivity (Wildman–Crippen MR) is 81.6 cm³/mol. The molecule has 19 heavy (non-hydrogen) atoms. The summed E-state index contributed by atoms with van der Waals surface area (Å²) in [7, 11) is 0. The van der Waals surface area contributed by atoms with Crippen LogP contribution in [0.1, 0.15) is 64.6 Å². The number of nitrogens with one attached hydrogen (secondary N) is 2. The number of anilines is 1. The number of thiazole rings is 1. The second kappa shape index (κ2) is 9.04. The average molecular weight is 283 g/mol. The van der Waals surface area contributed by atoms with E-state index < -0.39 is 0 Å². The SMILES string of the molecule is CCCCCCC(=O)Nc1nc(C(C)NCC)cs1. The molecule has 4 nitrogen and oxygen atoms in total. The van der Waals surface area contributed by atoms with Crippen molar-refractivity contribution in [2.24, 2.45) is 0 Å². The Balaban J connectivity index is 2.34. The summed E-state index contributed by atoms with van der Waals surface area (Å²) in [4.78, 5) is 16.2. The van der Waals surface area contributed by atoms with Gasteiger partial charge in [-0.15, -0.1) is 11.3 Å². The molecule has 0 saturated carbocycles. The van der Waals surface area contributed by atoms with E-state index in [-0.39, 0.29) is 11.9 Å². The van der Waals surface area contributed by atoms with Gasteiger partial charge in [0.05, 0.1) is 5.69 Å². The Morgan fingerprint density at radius 3 is 2.84 bits per heavy atom. The Labute approximate surface area is 120 Å². The topological polar surface area (TPSA) is 54.0 Å². The molecule has 1 rings (SSSR count). The van der Waals surface area contributed by atoms with Crippen molar-refractivity contribution in [3.8, 4) is 0 Å². The van der Waals surface area contributed by atoms with E-state index in [0.717, 1.165) is 25.1 Å². The van der Waals surface area contributed by atoms with E-state index in [9.17, 15) is 4.79 Å². The Bertz CT molecular complexity index is 379. The third kappa shape index (κ3) is 6.16. The Morgan fingerprint density at radius 1 is 1.37 bits per heavy atom. The van der Waals surface area contributed by atoms with Gasteiger partial charge in [-0.25, -0.2) is 4.98 Å². The third-order valence-electron chi connectivity index (χ3n) is 2.98. The van der Waals surface area contributed by atoms with E-state index in [1.165, 1.54) is 24.2 Å². The van der Waals surface area contributed by atoms with Crippen molar-refractivity contribution in [3.05, 3.63) is 11.1 Å². The van der Waals surface area contributed by atoms with Crippen LogP contribution in [-0.2, 0) is 4.79 Å². The Kier molecular flexibility index (Phi) is 7.67. The minimum atomic E-state index is 0.0770. The molecule has 1 heterocycles. The van der Waals surface area contributed by atoms with Gasteiger partial charge < -0.3 is 10.6 Å². The highest BCUT2D eigenvalue weighted by Gasteiger charge is 2.10. The zero-order chi connectivity index (χ0) is 14.1. The van der Waals surface area contributed by atoms with E-state index in [1.807, 2.05) is 5.38 Å². The van der Waals surface area contributed by atoms with Crippen LogP contribution in [0.4, 0.5) is 5.13 Å². The normalized spacial score (nSPS) is 12.4. The number of carbonyl (C=O) groups is 1. The molecule has 1 aromatic heterocycles. The van der Waals surface area contributed by atoms with Gasteiger partial charge in [-0.1, -0.05) is 33.1 Å². The number of hydrogen-bond acceptors (Lipinski definition) is 4. The predicted octanol–water partition coefficient (Wildman–Crippen LogP) is 3.72. The fourth-order valence-corrected chi connectivity index (χ4v) is 2.67. The van der Waals surface area contributed by atoms with Crippen LogP contribution in [0.25, 0.3) is 0 Å². The van der Waals surface area contributed by atoms with Crippen LogP contribution in [0.2, 0.25) is 0 Å². The number of amides is 1. The maximum Gasteiger partial charge on any atom is 0.226 e. The molecule has 2 N–H and O–H groups in total. The van der Waals surface area contributed by atoms with E-state index in [4.69, 9.17) is 0 Å². The molecular weight excluding hydrogens is 258 g/mol. The summed E-state index contributed by atoms with van der Waals surface area (Å²) >= 11 is 1.49. The largest absolute Gasteiger partial charge is 0.309 e. The van der Waals surface area contributed by atoms with Crippen LogP contribution in [0, 0.1) is 0 Å². The van der Waals surface area contributed by atoms with Crippen LogP contribution in [0.15, 0.2) is 5.38 Å². The van der Waals surface area contributed by atoms with Crippen molar-refractivity contribution in [1.29, 1.82) is 0 Å². The van der Waals surface area contributed by atoms with E-state index in [2.05, 4.69) is 36.4 Å². The monoisotopic (exact) mass is 283 g/mol. The van der Waals surface area contributed by atoms with Gasteiger partial charge in [0.1, 0.15) is 0 Å². The molecule has 1 atom stereocenters. The molecule has 0 aliphatic heterocycles. The number of hydrogen-bond donors (Lipinski definition) is 2.